The number of likely N-dealkylation sites (N-methyl/N-ethyl adjacent to an activating group) is 1. The van der Waals surface area contributed by atoms with Gasteiger partial charge in [-0.15, -0.1) is 0 Å². The molecule has 0 aliphatic carbocycles. The average Bonchev–Trinajstić information content (AvgIpc) is 2.34. The molecular weight excluding hydrogens is 226 g/mol. The Morgan fingerprint density at radius 2 is 2.11 bits per heavy atom. The third-order valence-electron chi connectivity index (χ3n) is 4.73. The summed E-state index contributed by atoms with van der Waals surface area (Å²) in [5, 5.41) is 3.46. The Kier molecular flexibility index (Phi) is 4.64. The number of nitrogens with zero attached hydrogens (tertiary/aromatic N) is 2. The van der Waals surface area contributed by atoms with Gasteiger partial charge in [-0.1, -0.05) is 0 Å². The van der Waals surface area contributed by atoms with Gasteiger partial charge in [0.2, 0.25) is 0 Å². The zero-order valence-electron chi connectivity index (χ0n) is 12.4. The van der Waals surface area contributed by atoms with E-state index in [9.17, 15) is 0 Å². The van der Waals surface area contributed by atoms with Gasteiger partial charge in [0.25, 0.3) is 0 Å². The standard InChI is InChI=1S/C14H29N3O/c1-14(2)11-17(7-6-16(14)4)9-12-10-18-8-5-13(12)15-3/h12-13,15H,5-11H2,1-4H3. The minimum atomic E-state index is 0.295. The van der Waals surface area contributed by atoms with Crippen molar-refractivity contribution in [2.45, 2.75) is 31.8 Å². The Morgan fingerprint density at radius 3 is 2.78 bits per heavy atom. The molecule has 2 aliphatic rings. The lowest BCUT2D eigenvalue weighted by atomic mass is 9.93. The lowest BCUT2D eigenvalue weighted by molar-refractivity contribution is -0.0103. The molecule has 2 saturated heterocycles. The summed E-state index contributed by atoms with van der Waals surface area (Å²) < 4.78 is 5.65. The molecule has 0 bridgehead atoms. The van der Waals surface area contributed by atoms with E-state index in [0.717, 1.165) is 26.2 Å². The Hall–Kier alpha value is -0.160. The molecular formula is C14H29N3O. The summed E-state index contributed by atoms with van der Waals surface area (Å²) in [5.41, 5.74) is 0.295. The summed E-state index contributed by atoms with van der Waals surface area (Å²) in [6.07, 6.45) is 1.15. The van der Waals surface area contributed by atoms with Crippen LogP contribution < -0.4 is 5.32 Å². The highest BCUT2D eigenvalue weighted by Crippen LogP contribution is 2.22. The van der Waals surface area contributed by atoms with Crippen LogP contribution in [0.25, 0.3) is 0 Å². The predicted octanol–water partition coefficient (Wildman–Crippen LogP) is 0.637. The Labute approximate surface area is 112 Å². The summed E-state index contributed by atoms with van der Waals surface area (Å²) in [4.78, 5) is 5.08. The van der Waals surface area contributed by atoms with Crippen molar-refractivity contribution in [3.63, 3.8) is 0 Å². The topological polar surface area (TPSA) is 27.7 Å². The van der Waals surface area contributed by atoms with Crippen LogP contribution in [0, 0.1) is 5.92 Å². The van der Waals surface area contributed by atoms with Gasteiger partial charge in [-0.3, -0.25) is 9.80 Å². The fraction of sp³-hybridized carbons (Fsp3) is 1.00. The first-order valence-corrected chi connectivity index (χ1v) is 7.21. The summed E-state index contributed by atoms with van der Waals surface area (Å²) in [6, 6.07) is 0.626. The van der Waals surface area contributed by atoms with Gasteiger partial charge in [0.1, 0.15) is 0 Å². The van der Waals surface area contributed by atoms with Crippen LogP contribution in [0.3, 0.4) is 0 Å². The number of hydrogen-bond donors (Lipinski definition) is 1. The molecule has 4 heteroatoms. The number of piperazine rings is 1. The maximum atomic E-state index is 5.65. The van der Waals surface area contributed by atoms with Crippen LogP contribution in [0.2, 0.25) is 0 Å². The molecule has 0 saturated carbocycles. The Bertz CT molecular complexity index is 270. The third kappa shape index (κ3) is 3.23. The summed E-state index contributed by atoms with van der Waals surface area (Å²) >= 11 is 0. The van der Waals surface area contributed by atoms with Gasteiger partial charge in [-0.2, -0.15) is 0 Å². The fourth-order valence-electron chi connectivity index (χ4n) is 3.19. The molecule has 2 aliphatic heterocycles. The molecule has 2 rings (SSSR count). The first-order chi connectivity index (χ1) is 8.53. The molecule has 2 fully saturated rings. The molecule has 1 N–H and O–H groups in total. The van der Waals surface area contributed by atoms with E-state index in [-0.39, 0.29) is 0 Å². The second-order valence-corrected chi connectivity index (χ2v) is 6.49. The van der Waals surface area contributed by atoms with Crippen LogP contribution in [0.15, 0.2) is 0 Å². The first kappa shape index (κ1) is 14.3. The molecule has 0 aromatic rings. The Balaban J connectivity index is 1.89. The highest BCUT2D eigenvalue weighted by molar-refractivity contribution is 4.90. The van der Waals surface area contributed by atoms with E-state index < -0.39 is 0 Å². The number of rotatable bonds is 3. The van der Waals surface area contributed by atoms with E-state index in [2.05, 4.69) is 43.1 Å². The van der Waals surface area contributed by atoms with Crippen molar-refractivity contribution in [3.05, 3.63) is 0 Å². The van der Waals surface area contributed by atoms with Gasteiger partial charge in [0, 0.05) is 50.3 Å². The van der Waals surface area contributed by atoms with Gasteiger partial charge < -0.3 is 10.1 Å². The lowest BCUT2D eigenvalue weighted by Gasteiger charge is -2.47. The van der Waals surface area contributed by atoms with Crippen molar-refractivity contribution in [2.75, 3.05) is 53.5 Å². The van der Waals surface area contributed by atoms with Gasteiger partial charge in [0.15, 0.2) is 0 Å². The molecule has 4 nitrogen and oxygen atoms in total. The minimum Gasteiger partial charge on any atom is -0.381 e. The molecule has 0 aromatic carbocycles. The highest BCUT2D eigenvalue weighted by Gasteiger charge is 2.33. The summed E-state index contributed by atoms with van der Waals surface area (Å²) in [7, 11) is 4.31. The zero-order chi connectivity index (χ0) is 13.2. The van der Waals surface area contributed by atoms with E-state index in [0.29, 0.717) is 17.5 Å². The van der Waals surface area contributed by atoms with Crippen LogP contribution in [-0.4, -0.2) is 74.9 Å². The summed E-state index contributed by atoms with van der Waals surface area (Å²) in [5.74, 6) is 0.642. The zero-order valence-corrected chi connectivity index (χ0v) is 12.4. The van der Waals surface area contributed by atoms with Crippen LogP contribution >= 0.6 is 0 Å². The van der Waals surface area contributed by atoms with Crippen molar-refractivity contribution >= 4 is 0 Å². The van der Waals surface area contributed by atoms with Gasteiger partial charge >= 0.3 is 0 Å². The Morgan fingerprint density at radius 1 is 1.33 bits per heavy atom. The minimum absolute atomic E-state index is 0.295. The summed E-state index contributed by atoms with van der Waals surface area (Å²) in [6.45, 7) is 11.2. The van der Waals surface area contributed by atoms with E-state index in [1.165, 1.54) is 19.6 Å². The lowest BCUT2D eigenvalue weighted by Crippen LogP contribution is -2.59. The monoisotopic (exact) mass is 255 g/mol. The van der Waals surface area contributed by atoms with Gasteiger partial charge in [-0.05, 0) is 34.4 Å². The number of hydrogen-bond acceptors (Lipinski definition) is 4. The molecule has 0 spiro atoms. The van der Waals surface area contributed by atoms with E-state index >= 15 is 0 Å². The molecule has 0 radical (unpaired) electrons. The largest absolute Gasteiger partial charge is 0.381 e. The molecule has 0 aromatic heterocycles. The van der Waals surface area contributed by atoms with Crippen LogP contribution in [0.1, 0.15) is 20.3 Å². The molecule has 106 valence electrons. The molecule has 2 heterocycles. The van der Waals surface area contributed by atoms with E-state index in [1.54, 1.807) is 0 Å². The second kappa shape index (κ2) is 5.87. The van der Waals surface area contributed by atoms with Crippen molar-refractivity contribution in [1.29, 1.82) is 0 Å². The highest BCUT2D eigenvalue weighted by atomic mass is 16.5. The van der Waals surface area contributed by atoms with E-state index in [4.69, 9.17) is 4.74 Å². The van der Waals surface area contributed by atoms with Crippen molar-refractivity contribution in [2.24, 2.45) is 5.92 Å². The average molecular weight is 255 g/mol. The maximum Gasteiger partial charge on any atom is 0.0521 e. The predicted molar refractivity (Wildman–Crippen MR) is 74.9 cm³/mol. The van der Waals surface area contributed by atoms with Gasteiger partial charge in [0.05, 0.1) is 6.61 Å². The van der Waals surface area contributed by atoms with E-state index in [1.807, 2.05) is 0 Å². The van der Waals surface area contributed by atoms with Gasteiger partial charge in [-0.25, -0.2) is 0 Å². The molecule has 2 unspecified atom stereocenters. The molecule has 0 amide bonds. The van der Waals surface area contributed by atoms with Crippen molar-refractivity contribution < 1.29 is 4.74 Å². The van der Waals surface area contributed by atoms with Crippen molar-refractivity contribution in [1.82, 2.24) is 15.1 Å². The normalized spacial score (nSPS) is 34.7. The maximum absolute atomic E-state index is 5.65. The van der Waals surface area contributed by atoms with Crippen molar-refractivity contribution in [3.8, 4) is 0 Å². The first-order valence-electron chi connectivity index (χ1n) is 7.21. The second-order valence-electron chi connectivity index (χ2n) is 6.49. The fourth-order valence-corrected chi connectivity index (χ4v) is 3.19. The van der Waals surface area contributed by atoms with Crippen LogP contribution in [0.5, 0.6) is 0 Å². The quantitative estimate of drug-likeness (QED) is 0.801. The number of ether oxygens (including phenoxy) is 1. The smallest absolute Gasteiger partial charge is 0.0521 e. The number of nitrogens with one attached hydrogen (secondary N) is 1. The molecule has 18 heavy (non-hydrogen) atoms. The van der Waals surface area contributed by atoms with Crippen LogP contribution in [-0.2, 0) is 4.74 Å². The third-order valence-corrected chi connectivity index (χ3v) is 4.73. The molecule has 2 atom stereocenters. The SMILES string of the molecule is CNC1CCOCC1CN1CCN(C)C(C)(C)C1. The van der Waals surface area contributed by atoms with Crippen LogP contribution in [0.4, 0.5) is 0 Å².